The predicted molar refractivity (Wildman–Crippen MR) is 82.8 cm³/mol. The van der Waals surface area contributed by atoms with Gasteiger partial charge in [0, 0.05) is 16.4 Å². The van der Waals surface area contributed by atoms with E-state index in [-0.39, 0.29) is 0 Å². The van der Waals surface area contributed by atoms with E-state index in [1.165, 1.54) is 0 Å². The quantitative estimate of drug-likeness (QED) is 0.869. The average molecular weight is 310 g/mol. The molecule has 2 aromatic rings. The van der Waals surface area contributed by atoms with Crippen LogP contribution in [-0.4, -0.2) is 14.8 Å². The number of hydrogen-bond donors (Lipinski definition) is 0. The largest absolute Gasteiger partial charge is 0.249 e. The molecule has 1 heterocycles. The maximum absolute atomic E-state index is 9.98. The number of nitrogens with zero attached hydrogens (tertiary/aromatic N) is 5. The summed E-state index contributed by atoms with van der Waals surface area (Å²) < 4.78 is 138. The molecule has 2 rings (SSSR count). The molecule has 22 heavy (non-hydrogen) atoms. The highest BCUT2D eigenvalue weighted by atomic mass is 15.3. The van der Waals surface area contributed by atoms with Crippen LogP contribution >= 0.6 is 0 Å². The lowest BCUT2D eigenvalue weighted by molar-refractivity contribution is 0.646. The molecular weight excluding hydrogens is 274 g/mol. The van der Waals surface area contributed by atoms with Gasteiger partial charge in [0.2, 0.25) is 0 Å². The second-order valence-corrected chi connectivity index (χ2v) is 4.18. The molecule has 112 valence electrons. The molecule has 5 heteroatoms. The molecule has 0 fully saturated rings. The van der Waals surface area contributed by atoms with Crippen LogP contribution in [0.2, 0.25) is 0 Å². The first-order valence-corrected chi connectivity index (χ1v) is 5.65. The zero-order valence-electron chi connectivity index (χ0n) is 27.9. The standard InChI is InChI=1S/C17H19N5/c1-16(2,9-18)14-5-13(8-22-12-20-11-21-22)6-15(7-14)17(3,4)10-19/h5-7,11-12H,8H2,1-4H3/i1D3,2D3,3D3,4D3,5D,6D,7D,8D2. The summed E-state index contributed by atoms with van der Waals surface area (Å²) in [6.07, 6.45) is 1.53. The molecular formula is C17H19N5. The lowest BCUT2D eigenvalue weighted by atomic mass is 9.79. The molecule has 1 aromatic carbocycles. The van der Waals surface area contributed by atoms with Gasteiger partial charge in [0.05, 0.1) is 36.3 Å². The second-order valence-electron chi connectivity index (χ2n) is 4.18. The van der Waals surface area contributed by atoms with Crippen molar-refractivity contribution in [1.82, 2.24) is 14.8 Å². The normalized spacial score (nSPS) is 26.0. The smallest absolute Gasteiger partial charge is 0.137 e. The summed E-state index contributed by atoms with van der Waals surface area (Å²) in [5.41, 5.74) is -12.2. The van der Waals surface area contributed by atoms with E-state index in [2.05, 4.69) is 10.1 Å². The van der Waals surface area contributed by atoms with Gasteiger partial charge in [-0.05, 0) is 44.1 Å². The number of rotatable bonds is 4. The maximum atomic E-state index is 9.98. The summed E-state index contributed by atoms with van der Waals surface area (Å²) >= 11 is 0. The van der Waals surface area contributed by atoms with Crippen molar-refractivity contribution in [3.05, 3.63) is 47.5 Å². The molecule has 0 saturated carbocycles. The zero-order valence-corrected chi connectivity index (χ0v) is 10.9. The monoisotopic (exact) mass is 310 g/mol. The Morgan fingerprint density at radius 2 is 1.77 bits per heavy atom. The van der Waals surface area contributed by atoms with Gasteiger partial charge in [-0.1, -0.05) is 18.1 Å². The Morgan fingerprint density at radius 3 is 2.18 bits per heavy atom. The number of hydrogen-bond acceptors (Lipinski definition) is 4. The van der Waals surface area contributed by atoms with Crippen molar-refractivity contribution in [1.29, 1.82) is 10.5 Å². The van der Waals surface area contributed by atoms with Gasteiger partial charge in [0.15, 0.2) is 0 Å². The van der Waals surface area contributed by atoms with E-state index >= 15 is 0 Å². The van der Waals surface area contributed by atoms with Crippen LogP contribution in [0.15, 0.2) is 30.8 Å². The van der Waals surface area contributed by atoms with Crippen LogP contribution < -0.4 is 0 Å². The fourth-order valence-corrected chi connectivity index (χ4v) is 1.39. The molecule has 0 saturated heterocycles. The molecule has 0 aliphatic heterocycles. The second kappa shape index (κ2) is 5.61. The molecule has 5 nitrogen and oxygen atoms in total. The van der Waals surface area contributed by atoms with E-state index in [1.54, 1.807) is 0 Å². The van der Waals surface area contributed by atoms with Crippen molar-refractivity contribution < 1.29 is 23.3 Å². The van der Waals surface area contributed by atoms with Crippen LogP contribution in [0.4, 0.5) is 0 Å². The maximum Gasteiger partial charge on any atom is 0.137 e. The first kappa shape index (κ1) is 4.67. The lowest BCUT2D eigenvalue weighted by Crippen LogP contribution is -2.20. The van der Waals surface area contributed by atoms with Gasteiger partial charge in [-0.2, -0.15) is 15.6 Å². The van der Waals surface area contributed by atoms with Crippen molar-refractivity contribution in [2.75, 3.05) is 0 Å². The summed E-state index contributed by atoms with van der Waals surface area (Å²) in [5, 5.41) is 23.5. The Bertz CT molecular complexity index is 1230. The lowest BCUT2D eigenvalue weighted by Gasteiger charge is -2.23. The minimum atomic E-state index is -3.91. The molecule has 0 N–H and O–H groups in total. The van der Waals surface area contributed by atoms with Gasteiger partial charge < -0.3 is 0 Å². The van der Waals surface area contributed by atoms with E-state index in [9.17, 15) is 10.5 Å². The Hall–Kier alpha value is -2.66. The van der Waals surface area contributed by atoms with Crippen LogP contribution in [0.1, 0.15) is 67.4 Å². The van der Waals surface area contributed by atoms with Crippen LogP contribution in [-0.2, 0) is 17.3 Å². The summed E-state index contributed by atoms with van der Waals surface area (Å²) in [5.74, 6) is 0. The molecule has 1 aromatic heterocycles. The van der Waals surface area contributed by atoms with Gasteiger partial charge in [-0.25, -0.2) is 9.67 Å². The Balaban J connectivity index is 3.54. The molecule has 0 radical (unpaired) electrons. The molecule has 0 atom stereocenters. The van der Waals surface area contributed by atoms with Crippen molar-refractivity contribution in [2.45, 2.75) is 44.7 Å². The fraction of sp³-hybridized carbons (Fsp3) is 0.412. The van der Waals surface area contributed by atoms with Crippen molar-refractivity contribution >= 4 is 0 Å². The first-order chi connectivity index (χ1) is 17.3. The summed E-state index contributed by atoms with van der Waals surface area (Å²) in [6.45, 7) is -18.9. The van der Waals surface area contributed by atoms with E-state index in [0.717, 1.165) is 24.8 Å². The highest BCUT2D eigenvalue weighted by molar-refractivity contribution is 5.42. The molecule has 0 aliphatic rings. The van der Waals surface area contributed by atoms with Crippen LogP contribution in [0.3, 0.4) is 0 Å². The van der Waals surface area contributed by atoms with Crippen molar-refractivity contribution in [3.8, 4) is 12.1 Å². The first-order valence-electron chi connectivity index (χ1n) is 14.2. The molecule has 0 aliphatic carbocycles. The third kappa shape index (κ3) is 3.15. The molecule has 0 bridgehead atoms. The molecule has 0 spiro atoms. The third-order valence-electron chi connectivity index (χ3n) is 2.48. The van der Waals surface area contributed by atoms with Crippen molar-refractivity contribution in [3.63, 3.8) is 0 Å². The summed E-state index contributed by atoms with van der Waals surface area (Å²) in [4.78, 5) is 3.51. The minimum absolute atomic E-state index is 0.368. The SMILES string of the molecule is [2H]c1c(C([2H])([2H])n2cncn2)c([2H])c(C(C#N)(C([2H])([2H])[2H])C([2H])([2H])[2H])c([2H])c1C(C#N)(C([2H])([2H])[2H])C([2H])([2H])[2H]. The zero-order chi connectivity index (χ0) is 30.8. The minimum Gasteiger partial charge on any atom is -0.249 e. The van der Waals surface area contributed by atoms with Crippen LogP contribution in [0.25, 0.3) is 0 Å². The number of benzene rings is 1. The number of nitriles is 2. The van der Waals surface area contributed by atoms with E-state index in [0.29, 0.717) is 4.68 Å². The van der Waals surface area contributed by atoms with Gasteiger partial charge in [0.1, 0.15) is 12.7 Å². The Morgan fingerprint density at radius 1 is 1.18 bits per heavy atom. The summed E-state index contributed by atoms with van der Waals surface area (Å²) in [6, 6.07) is -2.56. The Labute approximate surface area is 154 Å². The van der Waals surface area contributed by atoms with Crippen LogP contribution in [0, 0.1) is 22.7 Å². The predicted octanol–water partition coefficient (Wildman–Crippen LogP) is 2.93. The van der Waals surface area contributed by atoms with E-state index in [1.807, 2.05) is 0 Å². The van der Waals surface area contributed by atoms with Gasteiger partial charge >= 0.3 is 0 Å². The van der Waals surface area contributed by atoms with Crippen molar-refractivity contribution in [2.24, 2.45) is 0 Å². The highest BCUT2D eigenvalue weighted by Crippen LogP contribution is 2.30. The Kier molecular flexibility index (Phi) is 1.19. The van der Waals surface area contributed by atoms with E-state index < -0.39 is 79.6 Å². The fourth-order valence-electron chi connectivity index (χ4n) is 1.39. The summed E-state index contributed by atoms with van der Waals surface area (Å²) in [7, 11) is 0. The third-order valence-corrected chi connectivity index (χ3v) is 2.48. The van der Waals surface area contributed by atoms with Gasteiger partial charge in [-0.15, -0.1) is 0 Å². The number of aromatic nitrogens is 3. The van der Waals surface area contributed by atoms with Crippen LogP contribution in [0.5, 0.6) is 0 Å². The van der Waals surface area contributed by atoms with Gasteiger partial charge in [0.25, 0.3) is 0 Å². The molecule has 0 unspecified atom stereocenters. The van der Waals surface area contributed by atoms with Gasteiger partial charge in [-0.3, -0.25) is 0 Å². The topological polar surface area (TPSA) is 78.3 Å². The highest BCUT2D eigenvalue weighted by Gasteiger charge is 2.26. The molecule has 0 amide bonds. The average Bonchev–Trinajstić information content (AvgIpc) is 3.26. The van der Waals surface area contributed by atoms with E-state index in [4.69, 9.17) is 23.3 Å².